The largest absolute Gasteiger partial charge is 1.00 e. The molecule has 4 rings (SSSR count). The fourth-order valence-corrected chi connectivity index (χ4v) is 8.91. The van der Waals surface area contributed by atoms with Crippen molar-refractivity contribution < 1.29 is 92.0 Å². The van der Waals surface area contributed by atoms with E-state index in [1.807, 2.05) is 0 Å². The molecule has 0 unspecified atom stereocenters. The second-order valence-electron chi connectivity index (χ2n) is 7.32. The zero-order chi connectivity index (χ0) is 18.5. The Morgan fingerprint density at radius 2 is 0.867 bits per heavy atom. The maximum Gasteiger partial charge on any atom is -1.00 e. The quantitative estimate of drug-likeness (QED) is 0.286. The second-order valence-corrected chi connectivity index (χ2v) is 13.2. The number of hydrogen-bond donors (Lipinski definition) is 0. The van der Waals surface area contributed by atoms with Crippen LogP contribution in [0.2, 0.25) is 0 Å². The zero-order valence-electron chi connectivity index (χ0n) is 18.0. The van der Waals surface area contributed by atoms with Crippen molar-refractivity contribution in [1.82, 2.24) is 0 Å². The molecule has 0 atom stereocenters. The van der Waals surface area contributed by atoms with Gasteiger partial charge < -0.3 is 49.6 Å². The average molecular weight is 597 g/mol. The van der Waals surface area contributed by atoms with Crippen LogP contribution in [0.1, 0.15) is 53.4 Å². The predicted molar refractivity (Wildman–Crippen MR) is 106 cm³/mol. The first-order valence-electron chi connectivity index (χ1n) is 9.54. The van der Waals surface area contributed by atoms with Gasteiger partial charge in [0.1, 0.15) is 0 Å². The molecule has 0 N–H and O–H groups in total. The first-order valence-corrected chi connectivity index (χ1v) is 13.6. The number of halogens is 4. The number of rotatable bonds is 4. The second kappa shape index (κ2) is 16.3. The molecule has 0 aromatic heterocycles. The molecule has 0 spiro atoms. The van der Waals surface area contributed by atoms with Crippen molar-refractivity contribution in [2.75, 3.05) is 0 Å². The van der Waals surface area contributed by atoms with Gasteiger partial charge in [0.2, 0.25) is 0 Å². The van der Waals surface area contributed by atoms with E-state index in [9.17, 15) is 0 Å². The van der Waals surface area contributed by atoms with Crippen LogP contribution in [0.25, 0.3) is 0 Å². The standard InChI is InChI=1S/4C6H7.4ClH.Ti.Zr/c4*1-6-4-2-3-5-6;;;;;;/h4*2,4H,3H2,1H3;4*1H;;/q;;;;;;;;2*+2/p-4. The van der Waals surface area contributed by atoms with Gasteiger partial charge in [-0.2, -0.15) is 0 Å². The summed E-state index contributed by atoms with van der Waals surface area (Å²) in [6, 6.07) is 0. The summed E-state index contributed by atoms with van der Waals surface area (Å²) in [4.78, 5) is 0. The number of allylic oxidation sites excluding steroid dienone is 16. The molecule has 4 aliphatic rings. The van der Waals surface area contributed by atoms with Crippen molar-refractivity contribution in [3.63, 3.8) is 0 Å². The third-order valence-corrected chi connectivity index (χ3v) is 12.5. The van der Waals surface area contributed by atoms with E-state index in [1.54, 1.807) is 25.5 Å². The first-order chi connectivity index (χ1) is 12.5. The third-order valence-electron chi connectivity index (χ3n) is 5.27. The van der Waals surface area contributed by atoms with E-state index in [1.165, 1.54) is 36.8 Å². The Kier molecular flexibility index (Phi) is 17.9. The molecule has 4 aliphatic carbocycles. The Bertz CT molecular complexity index is 701. The Morgan fingerprint density at radius 1 is 0.533 bits per heavy atom. The van der Waals surface area contributed by atoms with Crippen LogP contribution in [0.4, 0.5) is 0 Å². The van der Waals surface area contributed by atoms with Crippen LogP contribution in [0.5, 0.6) is 0 Å². The molecule has 160 valence electrons. The maximum absolute atomic E-state index is 2.31. The molecule has 0 radical (unpaired) electrons. The molecular formula is C24H28Cl4TiZr. The van der Waals surface area contributed by atoms with E-state index in [4.69, 9.17) is 0 Å². The van der Waals surface area contributed by atoms with Gasteiger partial charge in [-0.3, -0.25) is 0 Å². The van der Waals surface area contributed by atoms with Gasteiger partial charge in [0.25, 0.3) is 0 Å². The molecule has 0 aromatic rings. The van der Waals surface area contributed by atoms with Gasteiger partial charge in [-0.05, 0) is 0 Å². The molecule has 0 saturated carbocycles. The molecule has 0 heterocycles. The zero-order valence-corrected chi connectivity index (χ0v) is 25.0. The predicted octanol–water partition coefficient (Wildman–Crippen LogP) is -4.91. The minimum Gasteiger partial charge on any atom is -1.00 e. The van der Waals surface area contributed by atoms with Crippen LogP contribution in [0.3, 0.4) is 0 Å². The van der Waals surface area contributed by atoms with E-state index in [-0.39, 0.29) is 92.0 Å². The Morgan fingerprint density at radius 3 is 1.13 bits per heavy atom. The van der Waals surface area contributed by atoms with Crippen LogP contribution >= 0.6 is 0 Å². The SMILES string of the molecule is CC1=[C]([Ti+2][C]2=C(C)C=CC2)CC=C1.CC1=[C]([Zr+2][C]2=C(C)C=CC2)CC=C1.[Cl-].[Cl-].[Cl-].[Cl-]. The Hall–Kier alpha value is 0.677. The van der Waals surface area contributed by atoms with Gasteiger partial charge in [0.05, 0.1) is 0 Å². The van der Waals surface area contributed by atoms with Gasteiger partial charge in [-0.1, -0.05) is 0 Å². The van der Waals surface area contributed by atoms with Gasteiger partial charge in [0.15, 0.2) is 0 Å². The Balaban J connectivity index is 0. The topological polar surface area (TPSA) is 0 Å². The summed E-state index contributed by atoms with van der Waals surface area (Å²) in [5.41, 5.74) is 6.18. The van der Waals surface area contributed by atoms with Crippen molar-refractivity contribution in [3.8, 4) is 0 Å². The maximum atomic E-state index is 2.31. The molecule has 0 aromatic carbocycles. The van der Waals surface area contributed by atoms with E-state index in [2.05, 4.69) is 76.3 Å². The fraction of sp³-hybridized carbons (Fsp3) is 0.333. The summed E-state index contributed by atoms with van der Waals surface area (Å²) in [7, 11) is 0. The van der Waals surface area contributed by atoms with Gasteiger partial charge >= 0.3 is 181 Å². The smallest absolute Gasteiger partial charge is 1.00 e. The molecule has 6 heteroatoms. The molecule has 0 fully saturated rings. The minimum atomic E-state index is -0.385. The summed E-state index contributed by atoms with van der Waals surface area (Å²) in [6.45, 7) is 9.02. The van der Waals surface area contributed by atoms with Crippen molar-refractivity contribution in [2.45, 2.75) is 53.4 Å². The van der Waals surface area contributed by atoms with Crippen LogP contribution < -0.4 is 49.6 Å². The van der Waals surface area contributed by atoms with Crippen molar-refractivity contribution >= 4 is 0 Å². The van der Waals surface area contributed by atoms with Gasteiger partial charge in [0, 0.05) is 0 Å². The Labute approximate surface area is 228 Å². The monoisotopic (exact) mass is 594 g/mol. The molecule has 0 bridgehead atoms. The molecule has 30 heavy (non-hydrogen) atoms. The first kappa shape index (κ1) is 32.9. The van der Waals surface area contributed by atoms with Gasteiger partial charge in [-0.25, -0.2) is 0 Å². The van der Waals surface area contributed by atoms with E-state index >= 15 is 0 Å². The molecule has 0 nitrogen and oxygen atoms in total. The van der Waals surface area contributed by atoms with Crippen LogP contribution in [-0.4, -0.2) is 0 Å². The van der Waals surface area contributed by atoms with Crippen LogP contribution in [0.15, 0.2) is 85.2 Å². The summed E-state index contributed by atoms with van der Waals surface area (Å²) in [5.74, 6) is 0. The minimum absolute atomic E-state index is 0. The third kappa shape index (κ3) is 9.27. The van der Waals surface area contributed by atoms with Crippen molar-refractivity contribution in [2.24, 2.45) is 0 Å². The molecule has 0 saturated heterocycles. The fourth-order valence-electron chi connectivity index (χ4n) is 3.42. The molecule has 0 aliphatic heterocycles. The molecule has 0 amide bonds. The summed E-state index contributed by atoms with van der Waals surface area (Å²) >= 11 is -0.353. The summed E-state index contributed by atoms with van der Waals surface area (Å²) in [5, 5.41) is 0. The van der Waals surface area contributed by atoms with Crippen molar-refractivity contribution in [1.29, 1.82) is 0 Å². The van der Waals surface area contributed by atoms with E-state index in [0.717, 1.165) is 0 Å². The van der Waals surface area contributed by atoms with Crippen LogP contribution in [-0.2, 0) is 42.4 Å². The average Bonchev–Trinajstić information content (AvgIpc) is 3.38. The van der Waals surface area contributed by atoms with Gasteiger partial charge in [-0.15, -0.1) is 0 Å². The van der Waals surface area contributed by atoms with E-state index < -0.39 is 0 Å². The van der Waals surface area contributed by atoms with Crippen molar-refractivity contribution in [3.05, 3.63) is 85.2 Å². The molecular weight excluding hydrogens is 569 g/mol. The normalized spacial score (nSPS) is 17.7. The van der Waals surface area contributed by atoms with E-state index in [0.29, 0.717) is 0 Å². The van der Waals surface area contributed by atoms with Crippen LogP contribution in [0, 0.1) is 0 Å². The number of hydrogen-bond acceptors (Lipinski definition) is 0. The summed E-state index contributed by atoms with van der Waals surface area (Å²) < 4.78 is 7.03. The summed E-state index contributed by atoms with van der Waals surface area (Å²) in [6.07, 6.45) is 23.3.